The molecule has 2 radical (unpaired) electrons. The maximum atomic E-state index is 4.34. The molecule has 20 heavy (non-hydrogen) atoms. The second kappa shape index (κ2) is 4.46. The average molecular weight is 274 g/mol. The van der Waals surface area contributed by atoms with E-state index in [1.165, 1.54) is 28.7 Å². The molecule has 2 aromatic carbocycles. The Balaban J connectivity index is 2.00. The Kier molecular flexibility index (Phi) is 2.71. The summed E-state index contributed by atoms with van der Waals surface area (Å²) in [6.07, 6.45) is 2.29. The molecule has 0 aliphatic heterocycles. The van der Waals surface area contributed by atoms with Crippen molar-refractivity contribution in [2.24, 2.45) is 0 Å². The standard InChI is InChI=1S/C19H18Si/c1-12-10-13-6-5-9-16-18(20-2)11-17(19(13)16)15-8-4-3-7-14(12)15/h3-9,17-18H,1,10-11H2,2H3. The van der Waals surface area contributed by atoms with Crippen molar-refractivity contribution in [3.05, 3.63) is 76.9 Å². The van der Waals surface area contributed by atoms with Gasteiger partial charge in [0, 0.05) is 15.4 Å². The molecule has 2 unspecified atom stereocenters. The van der Waals surface area contributed by atoms with E-state index in [1.54, 1.807) is 11.1 Å². The molecule has 0 spiro atoms. The molecule has 2 aromatic rings. The highest BCUT2D eigenvalue weighted by Crippen LogP contribution is 2.50. The van der Waals surface area contributed by atoms with E-state index in [4.69, 9.17) is 0 Å². The van der Waals surface area contributed by atoms with E-state index < -0.39 is 0 Å². The SMILES string of the molecule is C=C1Cc2cccc3c2C(CC3[Si]C)c2ccccc21. The van der Waals surface area contributed by atoms with Crippen LogP contribution in [0, 0.1) is 0 Å². The first-order chi connectivity index (χ1) is 9.79. The smallest absolute Gasteiger partial charge is 0.0438 e. The molecule has 0 aromatic heterocycles. The zero-order valence-corrected chi connectivity index (χ0v) is 12.8. The third-order valence-corrected chi connectivity index (χ3v) is 6.14. The van der Waals surface area contributed by atoms with Gasteiger partial charge in [0.15, 0.2) is 0 Å². The summed E-state index contributed by atoms with van der Waals surface area (Å²) in [6.45, 7) is 6.69. The maximum Gasteiger partial charge on any atom is 0.0438 e. The van der Waals surface area contributed by atoms with E-state index in [-0.39, 0.29) is 0 Å². The van der Waals surface area contributed by atoms with Crippen LogP contribution in [0.15, 0.2) is 49.0 Å². The molecular formula is C19H18Si. The monoisotopic (exact) mass is 274 g/mol. The Morgan fingerprint density at radius 3 is 2.70 bits per heavy atom. The van der Waals surface area contributed by atoms with Crippen molar-refractivity contribution in [3.8, 4) is 0 Å². The van der Waals surface area contributed by atoms with E-state index in [9.17, 15) is 0 Å². The minimum absolute atomic E-state index is 0.592. The molecule has 0 amide bonds. The van der Waals surface area contributed by atoms with Crippen LogP contribution in [0.1, 0.15) is 45.7 Å². The first kappa shape index (κ1) is 12.2. The van der Waals surface area contributed by atoms with Crippen LogP contribution in [0.5, 0.6) is 0 Å². The molecule has 4 rings (SSSR count). The van der Waals surface area contributed by atoms with Gasteiger partial charge in [-0.1, -0.05) is 55.6 Å². The predicted molar refractivity (Wildman–Crippen MR) is 86.4 cm³/mol. The number of allylic oxidation sites excluding steroid dienone is 1. The lowest BCUT2D eigenvalue weighted by atomic mass is 9.89. The lowest BCUT2D eigenvalue weighted by Gasteiger charge is -2.15. The molecule has 2 aliphatic carbocycles. The molecule has 1 heteroatoms. The topological polar surface area (TPSA) is 0 Å². The van der Waals surface area contributed by atoms with Crippen molar-refractivity contribution >= 4 is 15.1 Å². The van der Waals surface area contributed by atoms with Crippen LogP contribution in [-0.4, -0.2) is 9.52 Å². The first-order valence-corrected chi connectivity index (χ1v) is 8.93. The van der Waals surface area contributed by atoms with E-state index in [0.29, 0.717) is 5.92 Å². The Labute approximate surface area is 123 Å². The number of fused-ring (bicyclic) bond motifs is 2. The lowest BCUT2D eigenvalue weighted by molar-refractivity contribution is 0.765. The van der Waals surface area contributed by atoms with E-state index >= 15 is 0 Å². The largest absolute Gasteiger partial charge is 0.0949 e. The van der Waals surface area contributed by atoms with Crippen LogP contribution in [0.25, 0.3) is 5.57 Å². The molecule has 0 saturated heterocycles. The summed E-state index contributed by atoms with van der Waals surface area (Å²) in [5.41, 5.74) is 9.67. The number of benzene rings is 2. The fraction of sp³-hybridized carbons (Fsp3) is 0.263. The van der Waals surface area contributed by atoms with Gasteiger partial charge in [-0.25, -0.2) is 0 Å². The predicted octanol–water partition coefficient (Wildman–Crippen LogP) is 4.58. The highest BCUT2D eigenvalue weighted by molar-refractivity contribution is 6.36. The Morgan fingerprint density at radius 1 is 1.05 bits per heavy atom. The van der Waals surface area contributed by atoms with Gasteiger partial charge in [-0.3, -0.25) is 0 Å². The second-order valence-corrected chi connectivity index (χ2v) is 7.19. The molecule has 0 N–H and O–H groups in total. The second-order valence-electron chi connectivity index (χ2n) is 5.92. The fourth-order valence-corrected chi connectivity index (χ4v) is 5.03. The molecule has 98 valence electrons. The van der Waals surface area contributed by atoms with Crippen molar-refractivity contribution in [2.45, 2.75) is 30.8 Å². The van der Waals surface area contributed by atoms with Gasteiger partial charge in [0.1, 0.15) is 0 Å². The summed E-state index contributed by atoms with van der Waals surface area (Å²) < 4.78 is 0. The molecule has 2 atom stereocenters. The van der Waals surface area contributed by atoms with E-state index in [2.05, 4.69) is 55.6 Å². The summed E-state index contributed by atoms with van der Waals surface area (Å²) in [4.78, 5) is 0. The van der Waals surface area contributed by atoms with Gasteiger partial charge in [0.2, 0.25) is 0 Å². The van der Waals surface area contributed by atoms with Crippen LogP contribution in [0.3, 0.4) is 0 Å². The summed E-state index contributed by atoms with van der Waals surface area (Å²) in [5, 5.41) is 0. The summed E-state index contributed by atoms with van der Waals surface area (Å²) >= 11 is 0. The highest BCUT2D eigenvalue weighted by atomic mass is 28.2. The van der Waals surface area contributed by atoms with Gasteiger partial charge in [-0.15, -0.1) is 0 Å². The molecule has 2 aliphatic rings. The third kappa shape index (κ3) is 1.59. The number of rotatable bonds is 1. The van der Waals surface area contributed by atoms with E-state index in [1.807, 2.05) is 0 Å². The quantitative estimate of drug-likeness (QED) is 0.667. The highest BCUT2D eigenvalue weighted by Gasteiger charge is 2.35. The zero-order valence-electron chi connectivity index (χ0n) is 11.8. The number of hydrogen-bond acceptors (Lipinski definition) is 0. The lowest BCUT2D eigenvalue weighted by Crippen LogP contribution is -2.02. The Bertz CT molecular complexity index is 699. The summed E-state index contributed by atoms with van der Waals surface area (Å²) in [6, 6.07) is 15.8. The van der Waals surface area contributed by atoms with Crippen LogP contribution >= 0.6 is 0 Å². The Hall–Kier alpha value is -1.60. The van der Waals surface area contributed by atoms with Gasteiger partial charge in [-0.05, 0) is 51.8 Å². The minimum atomic E-state index is 0.592. The van der Waals surface area contributed by atoms with Crippen LogP contribution < -0.4 is 0 Å². The maximum absolute atomic E-state index is 4.34. The average Bonchev–Trinajstić information content (AvgIpc) is 2.81. The summed E-state index contributed by atoms with van der Waals surface area (Å²) in [5.74, 6) is 0.592. The van der Waals surface area contributed by atoms with Crippen LogP contribution in [-0.2, 0) is 6.42 Å². The summed E-state index contributed by atoms with van der Waals surface area (Å²) in [7, 11) is 0.998. The molecule has 0 bridgehead atoms. The van der Waals surface area contributed by atoms with Gasteiger partial charge in [0.25, 0.3) is 0 Å². The third-order valence-electron chi connectivity index (χ3n) is 4.89. The fourth-order valence-electron chi connectivity index (χ4n) is 4.00. The van der Waals surface area contributed by atoms with Crippen LogP contribution in [0.2, 0.25) is 6.55 Å². The van der Waals surface area contributed by atoms with Crippen molar-refractivity contribution in [3.63, 3.8) is 0 Å². The van der Waals surface area contributed by atoms with Gasteiger partial charge >= 0.3 is 0 Å². The Morgan fingerprint density at radius 2 is 1.85 bits per heavy atom. The van der Waals surface area contributed by atoms with Crippen molar-refractivity contribution in [2.75, 3.05) is 0 Å². The molecule has 0 nitrogen and oxygen atoms in total. The zero-order chi connectivity index (χ0) is 13.7. The van der Waals surface area contributed by atoms with E-state index in [0.717, 1.165) is 21.5 Å². The minimum Gasteiger partial charge on any atom is -0.0949 e. The van der Waals surface area contributed by atoms with Crippen molar-refractivity contribution in [1.29, 1.82) is 0 Å². The number of hydrogen-bond donors (Lipinski definition) is 0. The normalized spacial score (nSPS) is 23.1. The first-order valence-electron chi connectivity index (χ1n) is 7.35. The molecule has 0 heterocycles. The molecule has 0 fully saturated rings. The van der Waals surface area contributed by atoms with Gasteiger partial charge in [-0.2, -0.15) is 0 Å². The molecule has 0 saturated carbocycles. The van der Waals surface area contributed by atoms with Crippen LogP contribution in [0.4, 0.5) is 0 Å². The van der Waals surface area contributed by atoms with Crippen molar-refractivity contribution in [1.82, 2.24) is 0 Å². The molecular weight excluding hydrogens is 256 g/mol. The van der Waals surface area contributed by atoms with Gasteiger partial charge in [0.05, 0.1) is 0 Å². The van der Waals surface area contributed by atoms with Gasteiger partial charge < -0.3 is 0 Å². The van der Waals surface area contributed by atoms with Crippen molar-refractivity contribution < 1.29 is 0 Å².